The Kier molecular flexibility index (Phi) is 6.34. The van der Waals surface area contributed by atoms with Gasteiger partial charge in [0.25, 0.3) is 0 Å². The van der Waals surface area contributed by atoms with E-state index in [0.29, 0.717) is 6.04 Å². The van der Waals surface area contributed by atoms with Crippen LogP contribution in [0.1, 0.15) is 44.5 Å². The highest BCUT2D eigenvalue weighted by molar-refractivity contribution is 4.96. The van der Waals surface area contributed by atoms with E-state index in [0.717, 1.165) is 77.4 Å². The van der Waals surface area contributed by atoms with Crippen LogP contribution < -0.4 is 0 Å². The van der Waals surface area contributed by atoms with Gasteiger partial charge in [-0.2, -0.15) is 0 Å². The molecule has 0 N–H and O–H groups in total. The summed E-state index contributed by atoms with van der Waals surface area (Å²) in [5, 5.41) is 12.6. The fourth-order valence-electron chi connectivity index (χ4n) is 3.75. The van der Waals surface area contributed by atoms with Crippen molar-refractivity contribution in [3.63, 3.8) is 0 Å². The van der Waals surface area contributed by atoms with Gasteiger partial charge in [0.2, 0.25) is 0 Å². The van der Waals surface area contributed by atoms with Crippen molar-refractivity contribution in [1.29, 1.82) is 0 Å². The van der Waals surface area contributed by atoms with Gasteiger partial charge in [0, 0.05) is 39.3 Å². The van der Waals surface area contributed by atoms with E-state index in [-0.39, 0.29) is 6.10 Å². The number of hydrogen-bond acceptors (Lipinski definition) is 6. The molecule has 0 aromatic carbocycles. The van der Waals surface area contributed by atoms with Gasteiger partial charge in [-0.3, -0.25) is 9.80 Å². The van der Waals surface area contributed by atoms with E-state index in [1.807, 2.05) is 10.8 Å². The zero-order valence-electron chi connectivity index (χ0n) is 14.8. The zero-order valence-corrected chi connectivity index (χ0v) is 14.8. The molecule has 3 heterocycles. The van der Waals surface area contributed by atoms with Crippen LogP contribution in [0.4, 0.5) is 0 Å². The molecule has 2 aliphatic rings. The minimum Gasteiger partial charge on any atom is -0.376 e. The highest BCUT2D eigenvalue weighted by Gasteiger charge is 2.29. The van der Waals surface area contributed by atoms with Crippen LogP contribution in [-0.2, 0) is 11.3 Å². The van der Waals surface area contributed by atoms with E-state index in [1.54, 1.807) is 0 Å². The van der Waals surface area contributed by atoms with Crippen molar-refractivity contribution in [2.45, 2.75) is 51.3 Å². The van der Waals surface area contributed by atoms with Gasteiger partial charge in [0.05, 0.1) is 18.7 Å². The molecule has 7 heteroatoms. The van der Waals surface area contributed by atoms with Crippen molar-refractivity contribution in [3.05, 3.63) is 18.5 Å². The molecule has 0 amide bonds. The summed E-state index contributed by atoms with van der Waals surface area (Å²) in [7, 11) is 0. The van der Waals surface area contributed by atoms with Gasteiger partial charge in [0.1, 0.15) is 0 Å². The molecule has 0 aliphatic carbocycles. The number of hydrogen-bond donors (Lipinski definition) is 0. The van der Waals surface area contributed by atoms with Crippen LogP contribution >= 0.6 is 0 Å². The van der Waals surface area contributed by atoms with Gasteiger partial charge in [-0.05, 0) is 29.7 Å². The summed E-state index contributed by atoms with van der Waals surface area (Å²) in [6.07, 6.45) is 6.72. The predicted octanol–water partition coefficient (Wildman–Crippen LogP) is 1.50. The van der Waals surface area contributed by atoms with Crippen LogP contribution in [-0.4, -0.2) is 75.4 Å². The Morgan fingerprint density at radius 3 is 2.83 bits per heavy atom. The molecule has 2 saturated heterocycles. The highest BCUT2D eigenvalue weighted by Crippen LogP contribution is 2.26. The molecule has 2 aliphatic heterocycles. The average molecular weight is 334 g/mol. The van der Waals surface area contributed by atoms with E-state index in [9.17, 15) is 0 Å². The lowest BCUT2D eigenvalue weighted by atomic mass is 10.1. The second-order valence-corrected chi connectivity index (χ2v) is 6.78. The molecule has 0 radical (unpaired) electrons. The first-order valence-electron chi connectivity index (χ1n) is 9.26. The minimum absolute atomic E-state index is 0.263. The van der Waals surface area contributed by atoms with Crippen LogP contribution in [0.5, 0.6) is 0 Å². The molecule has 2 atom stereocenters. The van der Waals surface area contributed by atoms with Crippen LogP contribution in [0.25, 0.3) is 0 Å². The Morgan fingerprint density at radius 2 is 2.17 bits per heavy atom. The Labute approximate surface area is 144 Å². The quantitative estimate of drug-likeness (QED) is 0.672. The number of piperazine rings is 1. The molecular formula is C17H30N6O. The molecule has 0 saturated carbocycles. The fraction of sp³-hybridized carbons (Fsp3) is 0.824. The Hall–Kier alpha value is -1.31. The molecule has 134 valence electrons. The van der Waals surface area contributed by atoms with Crippen LogP contribution in [0, 0.1) is 0 Å². The van der Waals surface area contributed by atoms with Crippen molar-refractivity contribution in [2.75, 3.05) is 39.3 Å². The topological polar surface area (TPSA) is 59.3 Å². The number of rotatable bonds is 8. The predicted molar refractivity (Wildman–Crippen MR) is 92.7 cm³/mol. The zero-order chi connectivity index (χ0) is 16.8. The second kappa shape index (κ2) is 8.69. The summed E-state index contributed by atoms with van der Waals surface area (Å²) in [5.74, 6) is 1.00. The number of aromatic nitrogens is 4. The summed E-state index contributed by atoms with van der Waals surface area (Å²) in [5.41, 5.74) is 0. The summed E-state index contributed by atoms with van der Waals surface area (Å²) >= 11 is 0. The highest BCUT2D eigenvalue weighted by atomic mass is 16.5. The standard InChI is InChI=1S/C17H30N6O/c1-3-6-16(22-11-9-21(8-4-2)10-12-22)17-18-19-20-23(17)14-15-7-5-13-24-15/h4,15-16H,2-3,5-14H2,1H3/t15-,16-/m1/s1. The molecular weight excluding hydrogens is 304 g/mol. The van der Waals surface area contributed by atoms with Gasteiger partial charge in [-0.15, -0.1) is 11.7 Å². The maximum atomic E-state index is 5.76. The summed E-state index contributed by atoms with van der Waals surface area (Å²) in [6.45, 7) is 13.0. The Bertz CT molecular complexity index is 505. The smallest absolute Gasteiger partial charge is 0.168 e. The van der Waals surface area contributed by atoms with Crippen LogP contribution in [0.2, 0.25) is 0 Å². The normalized spacial score (nSPS) is 24.3. The summed E-state index contributed by atoms with van der Waals surface area (Å²) < 4.78 is 7.74. The SMILES string of the molecule is C=CCN1CCN([C@H](CCC)c2nnnn2C[C@H]2CCCO2)CC1. The maximum absolute atomic E-state index is 5.76. The number of ether oxygens (including phenoxy) is 1. The first-order chi connectivity index (χ1) is 11.8. The third-order valence-electron chi connectivity index (χ3n) is 5.06. The van der Waals surface area contributed by atoms with Gasteiger partial charge in [0.15, 0.2) is 5.82 Å². The van der Waals surface area contributed by atoms with Crippen LogP contribution in [0.3, 0.4) is 0 Å². The first kappa shape index (κ1) is 17.5. The molecule has 1 aromatic heterocycles. The van der Waals surface area contributed by atoms with Gasteiger partial charge < -0.3 is 4.74 Å². The largest absolute Gasteiger partial charge is 0.376 e. The van der Waals surface area contributed by atoms with E-state index in [2.05, 4.69) is 38.8 Å². The van der Waals surface area contributed by atoms with Crippen molar-refractivity contribution in [1.82, 2.24) is 30.0 Å². The lowest BCUT2D eigenvalue weighted by Gasteiger charge is -2.38. The number of nitrogens with zero attached hydrogens (tertiary/aromatic N) is 6. The van der Waals surface area contributed by atoms with E-state index in [1.165, 1.54) is 0 Å². The van der Waals surface area contributed by atoms with Crippen molar-refractivity contribution >= 4 is 0 Å². The van der Waals surface area contributed by atoms with Gasteiger partial charge in [-0.25, -0.2) is 4.68 Å². The molecule has 2 fully saturated rings. The summed E-state index contributed by atoms with van der Waals surface area (Å²) in [4.78, 5) is 4.99. The van der Waals surface area contributed by atoms with Crippen LogP contribution in [0.15, 0.2) is 12.7 Å². The monoisotopic (exact) mass is 334 g/mol. The molecule has 1 aromatic rings. The molecule has 0 unspecified atom stereocenters. The van der Waals surface area contributed by atoms with Crippen molar-refractivity contribution in [2.24, 2.45) is 0 Å². The average Bonchev–Trinajstić information content (AvgIpc) is 3.26. The molecule has 7 nitrogen and oxygen atoms in total. The van der Waals surface area contributed by atoms with Gasteiger partial charge >= 0.3 is 0 Å². The third-order valence-corrected chi connectivity index (χ3v) is 5.06. The molecule has 3 rings (SSSR count). The van der Waals surface area contributed by atoms with Crippen molar-refractivity contribution < 1.29 is 4.74 Å². The van der Waals surface area contributed by atoms with E-state index < -0.39 is 0 Å². The van der Waals surface area contributed by atoms with E-state index in [4.69, 9.17) is 4.74 Å². The second-order valence-electron chi connectivity index (χ2n) is 6.78. The molecule has 24 heavy (non-hydrogen) atoms. The first-order valence-corrected chi connectivity index (χ1v) is 9.26. The fourth-order valence-corrected chi connectivity index (χ4v) is 3.75. The molecule has 0 bridgehead atoms. The Morgan fingerprint density at radius 1 is 1.33 bits per heavy atom. The Balaban J connectivity index is 1.67. The maximum Gasteiger partial charge on any atom is 0.168 e. The van der Waals surface area contributed by atoms with Gasteiger partial charge in [-0.1, -0.05) is 19.4 Å². The van der Waals surface area contributed by atoms with E-state index >= 15 is 0 Å². The lowest BCUT2D eigenvalue weighted by Crippen LogP contribution is -2.48. The summed E-state index contributed by atoms with van der Waals surface area (Å²) in [6, 6.07) is 0.303. The lowest BCUT2D eigenvalue weighted by molar-refractivity contribution is 0.0790. The minimum atomic E-state index is 0.263. The third kappa shape index (κ3) is 4.20. The molecule has 0 spiro atoms. The number of tetrazole rings is 1. The van der Waals surface area contributed by atoms with Crippen molar-refractivity contribution in [3.8, 4) is 0 Å².